The van der Waals surface area contributed by atoms with Gasteiger partial charge in [0.15, 0.2) is 0 Å². The molecule has 0 aromatic heterocycles. The van der Waals surface area contributed by atoms with Crippen molar-refractivity contribution in [3.63, 3.8) is 0 Å². The molecular formula is C15H24AsGeN3O2. The number of ketones is 2. The zero-order valence-electron chi connectivity index (χ0n) is 13.6. The molecule has 0 spiro atoms. The number of hydrogen-bond donors (Lipinski definition) is 0. The summed E-state index contributed by atoms with van der Waals surface area (Å²) in [5.41, 5.74) is 1.89. The number of rotatable bonds is 3. The fraction of sp³-hybridized carbons (Fsp3) is 0.600. The second kappa shape index (κ2) is 5.75. The first-order chi connectivity index (χ1) is 10.3. The predicted octanol–water partition coefficient (Wildman–Crippen LogP) is -0.365. The van der Waals surface area contributed by atoms with Crippen LogP contribution in [0.3, 0.4) is 0 Å². The molecule has 3 heterocycles. The van der Waals surface area contributed by atoms with Gasteiger partial charge in [-0.05, 0) is 0 Å². The molecule has 0 radical (unpaired) electrons. The summed E-state index contributed by atoms with van der Waals surface area (Å²) in [6.45, 7) is 5.41. The molecule has 0 aromatic carbocycles. The van der Waals surface area contributed by atoms with E-state index in [-0.39, 0.29) is 11.6 Å². The fourth-order valence-corrected chi connectivity index (χ4v) is 2.28. The molecule has 4 aliphatic rings. The van der Waals surface area contributed by atoms with Gasteiger partial charge in [0.05, 0.1) is 5.70 Å². The van der Waals surface area contributed by atoms with Gasteiger partial charge in [-0.25, -0.2) is 0 Å². The molecule has 3 saturated heterocycles. The van der Waals surface area contributed by atoms with Crippen LogP contribution < -0.4 is 0 Å². The first-order valence-corrected chi connectivity index (χ1v) is 21.6. The summed E-state index contributed by atoms with van der Waals surface area (Å²) in [5, 5.41) is 0. The van der Waals surface area contributed by atoms with Gasteiger partial charge < -0.3 is 14.7 Å². The molecule has 3 fully saturated rings. The molecule has 0 aromatic rings. The number of Topliss-reactive ketones (excluding diaryl/α,β-unsaturated/α-hetero) is 1. The summed E-state index contributed by atoms with van der Waals surface area (Å²) in [6.07, 6.45) is 1.52. The van der Waals surface area contributed by atoms with E-state index in [1.165, 1.54) is 6.08 Å². The number of allylic oxidation sites excluding steroid dienone is 1. The third-order valence-electron chi connectivity index (χ3n) is 3.49. The summed E-state index contributed by atoms with van der Waals surface area (Å²) >= 11 is 1.04. The topological polar surface area (TPSA) is 43.2 Å². The van der Waals surface area contributed by atoms with Crippen LogP contribution in [0, 0.1) is 0 Å². The average Bonchev–Trinajstić information content (AvgIpc) is 3.24. The molecule has 5 nitrogen and oxygen atoms in total. The zero-order valence-corrected chi connectivity index (χ0v) is 18.1. The second-order valence-corrected chi connectivity index (χ2v) is 36.1. The normalized spacial score (nSPS) is 23.3. The molecule has 1 unspecified atom stereocenters. The van der Waals surface area contributed by atoms with Crippen LogP contribution in [0.4, 0.5) is 0 Å². The first-order valence-electron chi connectivity index (χ1n) is 7.84. The van der Waals surface area contributed by atoms with Gasteiger partial charge in [0.1, 0.15) is 11.4 Å². The number of nitrogens with zero attached hydrogens (tertiary/aromatic N) is 3. The zero-order chi connectivity index (χ0) is 16.1. The Bertz CT molecular complexity index is 576. The quantitative estimate of drug-likeness (QED) is 0.351. The molecule has 0 amide bonds. The van der Waals surface area contributed by atoms with E-state index in [0.717, 1.165) is 39.3 Å². The van der Waals surface area contributed by atoms with Crippen LogP contribution in [0.25, 0.3) is 0 Å². The Hall–Kier alpha value is -0.679. The van der Waals surface area contributed by atoms with Crippen molar-refractivity contribution in [2.75, 3.05) is 39.3 Å². The Kier molecular flexibility index (Phi) is 4.23. The van der Waals surface area contributed by atoms with Gasteiger partial charge in [0.2, 0.25) is 11.6 Å². The standard InChI is InChI=1S/C12H13N3O2.C3H11AsGe/c16-9-7-8(13-1-2-13)12(17)11(15-5-6-15)10(9)14-3-4-14;1-5(2,3)4/h7H,1-6H2;4H2,1-3H3. The summed E-state index contributed by atoms with van der Waals surface area (Å²) in [6, 6.07) is 0. The Labute approximate surface area is 141 Å². The van der Waals surface area contributed by atoms with E-state index in [4.69, 9.17) is 0 Å². The van der Waals surface area contributed by atoms with Gasteiger partial charge in [0, 0.05) is 45.3 Å². The molecule has 4 rings (SSSR count). The second-order valence-electron chi connectivity index (χ2n) is 7.25. The van der Waals surface area contributed by atoms with Crippen molar-refractivity contribution >= 4 is 37.7 Å². The molecule has 1 atom stereocenters. The molecule has 22 heavy (non-hydrogen) atoms. The number of carbonyl (C=O) groups is 2. The molecule has 1 aliphatic carbocycles. The van der Waals surface area contributed by atoms with Crippen LogP contribution in [0.5, 0.6) is 0 Å². The van der Waals surface area contributed by atoms with Crippen molar-refractivity contribution < 1.29 is 9.59 Å². The Morgan fingerprint density at radius 2 is 1.27 bits per heavy atom. The number of carbonyl (C=O) groups excluding carboxylic acids is 2. The van der Waals surface area contributed by atoms with Crippen LogP contribution in [-0.2, 0) is 9.59 Å². The van der Waals surface area contributed by atoms with E-state index in [1.807, 2.05) is 29.6 Å². The first kappa shape index (κ1) is 16.2. The Morgan fingerprint density at radius 1 is 0.864 bits per heavy atom. The van der Waals surface area contributed by atoms with Crippen LogP contribution >= 0.6 is 0 Å². The molecule has 0 saturated carbocycles. The maximum absolute atomic E-state index is 12.4. The summed E-state index contributed by atoms with van der Waals surface area (Å²) in [4.78, 5) is 30.5. The van der Waals surface area contributed by atoms with Crippen molar-refractivity contribution in [1.82, 2.24) is 14.7 Å². The molecule has 0 bridgehead atoms. The predicted molar refractivity (Wildman–Crippen MR) is 91.7 cm³/mol. The molecule has 120 valence electrons. The van der Waals surface area contributed by atoms with Crippen LogP contribution in [0.15, 0.2) is 23.2 Å². The van der Waals surface area contributed by atoms with Gasteiger partial charge in [0.25, 0.3) is 0 Å². The van der Waals surface area contributed by atoms with Gasteiger partial charge in [-0.15, -0.1) is 0 Å². The van der Waals surface area contributed by atoms with Crippen molar-refractivity contribution in [2.24, 2.45) is 0 Å². The van der Waals surface area contributed by atoms with Gasteiger partial charge in [-0.3, -0.25) is 9.59 Å². The van der Waals surface area contributed by atoms with Gasteiger partial charge >= 0.3 is 43.4 Å². The van der Waals surface area contributed by atoms with E-state index in [0.29, 0.717) is 17.1 Å². The summed E-state index contributed by atoms with van der Waals surface area (Å²) in [5.74, 6) is 7.26. The van der Waals surface area contributed by atoms with Crippen LogP contribution in [-0.4, -0.2) is 91.6 Å². The molecular weight excluding hydrogens is 402 g/mol. The van der Waals surface area contributed by atoms with Crippen molar-refractivity contribution in [1.29, 1.82) is 0 Å². The SMILES string of the molecule is O=C1C=C(N2CC2)C(=O)C(N2CC2)=C1N1CC1.[CH3][Ge]([CH3])([CH3])[AsH2]. The summed E-state index contributed by atoms with van der Waals surface area (Å²) in [7, 11) is 0. The molecule has 7 heteroatoms. The van der Waals surface area contributed by atoms with Crippen molar-refractivity contribution in [3.8, 4) is 0 Å². The van der Waals surface area contributed by atoms with Gasteiger partial charge in [-0.2, -0.15) is 0 Å². The Balaban J connectivity index is 0.000000254. The number of hydrogen-bond acceptors (Lipinski definition) is 5. The van der Waals surface area contributed by atoms with E-state index in [9.17, 15) is 9.59 Å². The van der Waals surface area contributed by atoms with E-state index in [2.05, 4.69) is 17.3 Å². The minimum absolute atomic E-state index is 0.00546. The fourth-order valence-electron chi connectivity index (χ4n) is 2.28. The van der Waals surface area contributed by atoms with Crippen LogP contribution in [0.1, 0.15) is 0 Å². The van der Waals surface area contributed by atoms with Crippen LogP contribution in [0.2, 0.25) is 17.3 Å². The van der Waals surface area contributed by atoms with E-state index < -0.39 is 11.2 Å². The van der Waals surface area contributed by atoms with E-state index in [1.54, 1.807) is 0 Å². The van der Waals surface area contributed by atoms with Gasteiger partial charge in [-0.1, -0.05) is 0 Å². The molecule has 3 aliphatic heterocycles. The monoisotopic (exact) mass is 427 g/mol. The minimum atomic E-state index is -0.938. The Morgan fingerprint density at radius 3 is 1.68 bits per heavy atom. The van der Waals surface area contributed by atoms with Crippen molar-refractivity contribution in [3.05, 3.63) is 23.2 Å². The maximum atomic E-state index is 12.4. The summed E-state index contributed by atoms with van der Waals surface area (Å²) < 4.78 is 0. The average molecular weight is 426 g/mol. The van der Waals surface area contributed by atoms with Crippen molar-refractivity contribution in [2.45, 2.75) is 17.3 Å². The molecule has 0 N–H and O–H groups in total. The third-order valence-corrected chi connectivity index (χ3v) is 3.49. The third kappa shape index (κ3) is 3.99. The van der Waals surface area contributed by atoms with E-state index >= 15 is 0 Å².